The average Bonchev–Trinajstić information content (AvgIpc) is 2.67. The first kappa shape index (κ1) is 18.5. The molecule has 1 saturated heterocycles. The summed E-state index contributed by atoms with van der Waals surface area (Å²) in [5, 5.41) is 0. The number of nitrogens with zero attached hydrogens (tertiary/aromatic N) is 3. The van der Waals surface area contributed by atoms with Gasteiger partial charge < -0.3 is 9.80 Å². The van der Waals surface area contributed by atoms with E-state index in [1.807, 2.05) is 23.1 Å². The second kappa shape index (κ2) is 8.86. The molecule has 0 radical (unpaired) electrons. The summed E-state index contributed by atoms with van der Waals surface area (Å²) >= 11 is 0. The van der Waals surface area contributed by atoms with Gasteiger partial charge >= 0.3 is 0 Å². The molecule has 4 heteroatoms. The van der Waals surface area contributed by atoms with Crippen LogP contribution in [-0.4, -0.2) is 55.0 Å². The molecule has 1 fully saturated rings. The molecule has 1 amide bonds. The molecule has 0 unspecified atom stereocenters. The number of amides is 1. The topological polar surface area (TPSA) is 26.8 Å². The monoisotopic (exact) mass is 351 g/mol. The largest absolute Gasteiger partial charge is 0.369 e. The molecule has 0 saturated carbocycles. The smallest absolute Gasteiger partial charge is 0.237 e. The fraction of sp³-hybridized carbons (Fsp3) is 0.409. The summed E-state index contributed by atoms with van der Waals surface area (Å²) in [6.45, 7) is 9.95. The standard InChI is InChI=1S/C22H29N3O/c1-3-24(17-20-9-5-4-6-10-20)22(26)18-23-12-14-25(15-13-23)21-11-7-8-19(2)16-21/h4-11,16H,3,12-15,17-18H2,1-2H3. The Labute approximate surface area is 157 Å². The Kier molecular flexibility index (Phi) is 6.29. The van der Waals surface area contributed by atoms with E-state index >= 15 is 0 Å². The first-order chi connectivity index (χ1) is 12.7. The summed E-state index contributed by atoms with van der Waals surface area (Å²) in [5.41, 5.74) is 3.77. The maximum absolute atomic E-state index is 12.7. The van der Waals surface area contributed by atoms with Gasteiger partial charge in [0.15, 0.2) is 0 Å². The first-order valence-corrected chi connectivity index (χ1v) is 9.51. The van der Waals surface area contributed by atoms with Gasteiger partial charge in [-0.25, -0.2) is 0 Å². The highest BCUT2D eigenvalue weighted by atomic mass is 16.2. The van der Waals surface area contributed by atoms with Crippen molar-refractivity contribution in [3.05, 3.63) is 65.7 Å². The zero-order valence-corrected chi connectivity index (χ0v) is 15.9. The van der Waals surface area contributed by atoms with Crippen LogP contribution in [0.3, 0.4) is 0 Å². The van der Waals surface area contributed by atoms with Crippen molar-refractivity contribution in [2.45, 2.75) is 20.4 Å². The molecule has 0 aromatic heterocycles. The van der Waals surface area contributed by atoms with Crippen molar-refractivity contribution >= 4 is 11.6 Å². The van der Waals surface area contributed by atoms with Crippen molar-refractivity contribution in [3.8, 4) is 0 Å². The number of anilines is 1. The number of rotatable bonds is 6. The van der Waals surface area contributed by atoms with Crippen LogP contribution in [0.15, 0.2) is 54.6 Å². The number of hydrogen-bond acceptors (Lipinski definition) is 3. The molecular weight excluding hydrogens is 322 g/mol. The number of likely N-dealkylation sites (N-methyl/N-ethyl adjacent to an activating group) is 1. The van der Waals surface area contributed by atoms with Crippen molar-refractivity contribution in [1.82, 2.24) is 9.80 Å². The highest BCUT2D eigenvalue weighted by molar-refractivity contribution is 5.78. The van der Waals surface area contributed by atoms with Gasteiger partial charge in [0.2, 0.25) is 5.91 Å². The van der Waals surface area contributed by atoms with Crippen molar-refractivity contribution in [2.24, 2.45) is 0 Å². The Balaban J connectivity index is 1.51. The summed E-state index contributed by atoms with van der Waals surface area (Å²) in [7, 11) is 0. The highest BCUT2D eigenvalue weighted by Gasteiger charge is 2.21. The van der Waals surface area contributed by atoms with Crippen LogP contribution < -0.4 is 4.90 Å². The Bertz CT molecular complexity index is 708. The van der Waals surface area contributed by atoms with Gasteiger partial charge in [-0.15, -0.1) is 0 Å². The molecule has 4 nitrogen and oxygen atoms in total. The second-order valence-corrected chi connectivity index (χ2v) is 7.00. The fourth-order valence-corrected chi connectivity index (χ4v) is 3.46. The summed E-state index contributed by atoms with van der Waals surface area (Å²) < 4.78 is 0. The third kappa shape index (κ3) is 4.85. The number of carbonyl (C=O) groups is 1. The lowest BCUT2D eigenvalue weighted by atomic mass is 10.2. The zero-order chi connectivity index (χ0) is 18.4. The quantitative estimate of drug-likeness (QED) is 0.800. The van der Waals surface area contributed by atoms with Gasteiger partial charge in [0.25, 0.3) is 0 Å². The molecule has 3 rings (SSSR count). The molecule has 26 heavy (non-hydrogen) atoms. The van der Waals surface area contributed by atoms with Crippen molar-refractivity contribution in [3.63, 3.8) is 0 Å². The van der Waals surface area contributed by atoms with E-state index in [9.17, 15) is 4.79 Å². The molecule has 1 heterocycles. The molecule has 0 spiro atoms. The Morgan fingerprint density at radius 3 is 2.38 bits per heavy atom. The summed E-state index contributed by atoms with van der Waals surface area (Å²) in [6, 6.07) is 18.9. The molecule has 2 aromatic carbocycles. The van der Waals surface area contributed by atoms with Gasteiger partial charge in [0.05, 0.1) is 6.54 Å². The van der Waals surface area contributed by atoms with Gasteiger partial charge in [0.1, 0.15) is 0 Å². The van der Waals surface area contributed by atoms with E-state index in [4.69, 9.17) is 0 Å². The first-order valence-electron chi connectivity index (χ1n) is 9.51. The third-order valence-corrected chi connectivity index (χ3v) is 5.05. The number of aryl methyl sites for hydroxylation is 1. The molecule has 2 aromatic rings. The number of hydrogen-bond donors (Lipinski definition) is 0. The van der Waals surface area contributed by atoms with Crippen molar-refractivity contribution in [1.29, 1.82) is 0 Å². The minimum atomic E-state index is 0.223. The SMILES string of the molecule is CCN(Cc1ccccc1)C(=O)CN1CCN(c2cccc(C)c2)CC1. The highest BCUT2D eigenvalue weighted by Crippen LogP contribution is 2.18. The minimum Gasteiger partial charge on any atom is -0.369 e. The summed E-state index contributed by atoms with van der Waals surface area (Å²) in [4.78, 5) is 19.4. The van der Waals surface area contributed by atoms with Crippen LogP contribution in [0.25, 0.3) is 0 Å². The van der Waals surface area contributed by atoms with Crippen LogP contribution in [0, 0.1) is 6.92 Å². The summed E-state index contributed by atoms with van der Waals surface area (Å²) in [6.07, 6.45) is 0. The minimum absolute atomic E-state index is 0.223. The van der Waals surface area contributed by atoms with E-state index in [0.29, 0.717) is 13.1 Å². The lowest BCUT2D eigenvalue weighted by Crippen LogP contribution is -2.50. The molecule has 138 valence electrons. The lowest BCUT2D eigenvalue weighted by Gasteiger charge is -2.36. The third-order valence-electron chi connectivity index (χ3n) is 5.05. The molecule has 1 aliphatic heterocycles. The average molecular weight is 351 g/mol. The molecule has 0 bridgehead atoms. The molecule has 0 atom stereocenters. The Morgan fingerprint density at radius 2 is 1.73 bits per heavy atom. The van der Waals surface area contributed by atoms with E-state index in [2.05, 4.69) is 60.0 Å². The fourth-order valence-electron chi connectivity index (χ4n) is 3.46. The van der Waals surface area contributed by atoms with Crippen LogP contribution in [0.2, 0.25) is 0 Å². The van der Waals surface area contributed by atoms with Crippen LogP contribution in [0.1, 0.15) is 18.1 Å². The van der Waals surface area contributed by atoms with Crippen molar-refractivity contribution < 1.29 is 4.79 Å². The van der Waals surface area contributed by atoms with Gasteiger partial charge in [-0.3, -0.25) is 9.69 Å². The Morgan fingerprint density at radius 1 is 1.00 bits per heavy atom. The van der Waals surface area contributed by atoms with Gasteiger partial charge in [0, 0.05) is 45.0 Å². The van der Waals surface area contributed by atoms with E-state index in [1.54, 1.807) is 0 Å². The molecular formula is C22H29N3O. The number of piperazine rings is 1. The number of benzene rings is 2. The van der Waals surface area contributed by atoms with Crippen LogP contribution in [0.4, 0.5) is 5.69 Å². The predicted octanol–water partition coefficient (Wildman–Crippen LogP) is 3.17. The van der Waals surface area contributed by atoms with Crippen LogP contribution in [-0.2, 0) is 11.3 Å². The normalized spacial score (nSPS) is 15.1. The van der Waals surface area contributed by atoms with Gasteiger partial charge in [-0.1, -0.05) is 42.5 Å². The molecule has 0 aliphatic carbocycles. The number of carbonyl (C=O) groups excluding carboxylic acids is 1. The Hall–Kier alpha value is -2.33. The van der Waals surface area contributed by atoms with Gasteiger partial charge in [-0.2, -0.15) is 0 Å². The maximum atomic E-state index is 12.7. The van der Waals surface area contributed by atoms with E-state index < -0.39 is 0 Å². The van der Waals surface area contributed by atoms with Crippen molar-refractivity contribution in [2.75, 3.05) is 44.2 Å². The van der Waals surface area contributed by atoms with Gasteiger partial charge in [-0.05, 0) is 37.1 Å². The summed E-state index contributed by atoms with van der Waals surface area (Å²) in [5.74, 6) is 0.223. The van der Waals surface area contributed by atoms with Crippen LogP contribution >= 0.6 is 0 Å². The second-order valence-electron chi connectivity index (χ2n) is 7.00. The zero-order valence-electron chi connectivity index (χ0n) is 15.9. The maximum Gasteiger partial charge on any atom is 0.237 e. The van der Waals surface area contributed by atoms with E-state index in [1.165, 1.54) is 16.8 Å². The van der Waals surface area contributed by atoms with Crippen LogP contribution in [0.5, 0.6) is 0 Å². The van der Waals surface area contributed by atoms with E-state index in [0.717, 1.165) is 32.7 Å². The lowest BCUT2D eigenvalue weighted by molar-refractivity contribution is -0.132. The molecule has 0 N–H and O–H groups in total. The van der Waals surface area contributed by atoms with E-state index in [-0.39, 0.29) is 5.91 Å². The molecule has 1 aliphatic rings. The predicted molar refractivity (Wildman–Crippen MR) is 107 cm³/mol.